The molecule has 0 saturated heterocycles. The van der Waals surface area contributed by atoms with Gasteiger partial charge in [-0.25, -0.2) is 4.98 Å². The van der Waals surface area contributed by atoms with Gasteiger partial charge in [-0.15, -0.1) is 24.2 Å². The lowest BCUT2D eigenvalue weighted by atomic mass is 10.1. The molecule has 128 valence electrons. The number of thioether (sulfide) groups is 1. The molecule has 0 bridgehead atoms. The van der Waals surface area contributed by atoms with Gasteiger partial charge in [0.25, 0.3) is 0 Å². The van der Waals surface area contributed by atoms with Crippen LogP contribution in [0.4, 0.5) is 5.13 Å². The lowest BCUT2D eigenvalue weighted by Gasteiger charge is -2.21. The summed E-state index contributed by atoms with van der Waals surface area (Å²) in [5, 5.41) is 0.675. The van der Waals surface area contributed by atoms with Crippen LogP contribution in [0.5, 0.6) is 0 Å². The fourth-order valence-corrected chi connectivity index (χ4v) is 4.48. The first-order chi connectivity index (χ1) is 10.7. The van der Waals surface area contributed by atoms with Crippen molar-refractivity contribution in [3.8, 4) is 0 Å². The largest absolute Gasteiger partial charge is 0.375 e. The van der Waals surface area contributed by atoms with Crippen LogP contribution in [0.15, 0.2) is 34.5 Å². The smallest absolute Gasteiger partial charge is 0.181 e. The molecule has 0 atom stereocenters. The average Bonchev–Trinajstić information content (AvgIpc) is 2.84. The first-order valence-corrected chi connectivity index (χ1v) is 9.61. The minimum absolute atomic E-state index is 0. The van der Waals surface area contributed by atoms with Crippen molar-refractivity contribution in [2.75, 3.05) is 31.1 Å². The van der Waals surface area contributed by atoms with E-state index in [1.54, 1.807) is 11.3 Å². The second-order valence-electron chi connectivity index (χ2n) is 5.35. The Morgan fingerprint density at radius 2 is 1.91 bits per heavy atom. The zero-order valence-corrected chi connectivity index (χ0v) is 16.3. The molecule has 1 heterocycles. The summed E-state index contributed by atoms with van der Waals surface area (Å²) >= 11 is 3.48. The molecule has 0 amide bonds. The van der Waals surface area contributed by atoms with Crippen LogP contribution in [-0.4, -0.2) is 35.3 Å². The number of aromatic nitrogens is 1. The number of nitrogens with two attached hydrogens (primary N) is 1. The highest BCUT2D eigenvalue weighted by Gasteiger charge is 2.08. The van der Waals surface area contributed by atoms with Gasteiger partial charge in [0.1, 0.15) is 0 Å². The molecule has 1 aromatic heterocycles. The Morgan fingerprint density at radius 3 is 2.52 bits per heavy atom. The van der Waals surface area contributed by atoms with Crippen molar-refractivity contribution in [1.82, 2.24) is 9.88 Å². The molecule has 2 aromatic rings. The van der Waals surface area contributed by atoms with Crippen LogP contribution in [0.1, 0.15) is 24.6 Å². The lowest BCUT2D eigenvalue weighted by molar-refractivity contribution is 0.295. The van der Waals surface area contributed by atoms with E-state index in [1.165, 1.54) is 16.2 Å². The number of thiazole rings is 1. The standard InChI is InChI=1S/C17H25N3S2.ClH/c1-3-10-20(11-9-15-7-5-4-6-8-15)12-13-21-16-14(2)19-17(18)22-16;/h4-8H,3,9-13H2,1-2H3,(H2,18,19);1H. The number of anilines is 1. The first-order valence-electron chi connectivity index (χ1n) is 7.81. The van der Waals surface area contributed by atoms with E-state index >= 15 is 0 Å². The predicted molar refractivity (Wildman–Crippen MR) is 106 cm³/mol. The molecule has 1 aromatic carbocycles. The summed E-state index contributed by atoms with van der Waals surface area (Å²) < 4.78 is 1.26. The molecule has 2 N–H and O–H groups in total. The maximum atomic E-state index is 5.75. The first kappa shape index (κ1) is 20.3. The van der Waals surface area contributed by atoms with Crippen LogP contribution in [0.3, 0.4) is 0 Å². The van der Waals surface area contributed by atoms with E-state index in [1.807, 2.05) is 18.7 Å². The van der Waals surface area contributed by atoms with Gasteiger partial charge in [0.15, 0.2) is 5.13 Å². The Morgan fingerprint density at radius 1 is 1.17 bits per heavy atom. The van der Waals surface area contributed by atoms with Crippen LogP contribution in [0.2, 0.25) is 0 Å². The maximum Gasteiger partial charge on any atom is 0.181 e. The molecule has 0 aliphatic rings. The summed E-state index contributed by atoms with van der Waals surface area (Å²) in [5.41, 5.74) is 8.24. The highest BCUT2D eigenvalue weighted by Crippen LogP contribution is 2.30. The van der Waals surface area contributed by atoms with Gasteiger partial charge in [-0.1, -0.05) is 48.6 Å². The van der Waals surface area contributed by atoms with Gasteiger partial charge < -0.3 is 10.6 Å². The Kier molecular flexibility index (Phi) is 9.63. The molecule has 0 unspecified atom stereocenters. The molecule has 6 heteroatoms. The van der Waals surface area contributed by atoms with Gasteiger partial charge in [-0.2, -0.15) is 0 Å². The molecular weight excluding hydrogens is 346 g/mol. The molecular formula is C17H26ClN3S2. The summed E-state index contributed by atoms with van der Waals surface area (Å²) in [4.78, 5) is 6.84. The molecule has 0 aliphatic carbocycles. The minimum atomic E-state index is 0. The van der Waals surface area contributed by atoms with Crippen LogP contribution >= 0.6 is 35.5 Å². The van der Waals surface area contributed by atoms with Gasteiger partial charge in [0.2, 0.25) is 0 Å². The van der Waals surface area contributed by atoms with Gasteiger partial charge in [-0.05, 0) is 31.9 Å². The third-order valence-electron chi connectivity index (χ3n) is 3.51. The van der Waals surface area contributed by atoms with Crippen molar-refractivity contribution in [3.63, 3.8) is 0 Å². The predicted octanol–water partition coefficient (Wildman–Crippen LogP) is 4.50. The number of hydrogen-bond donors (Lipinski definition) is 1. The normalized spacial score (nSPS) is 10.7. The van der Waals surface area contributed by atoms with Crippen molar-refractivity contribution in [3.05, 3.63) is 41.6 Å². The maximum absolute atomic E-state index is 5.75. The van der Waals surface area contributed by atoms with Gasteiger partial charge in [-0.3, -0.25) is 0 Å². The van der Waals surface area contributed by atoms with Crippen LogP contribution in [-0.2, 0) is 6.42 Å². The third-order valence-corrected chi connectivity index (χ3v) is 5.84. The molecule has 0 fully saturated rings. The van der Waals surface area contributed by atoms with E-state index in [0.717, 1.165) is 37.5 Å². The molecule has 0 radical (unpaired) electrons. The highest BCUT2D eigenvalue weighted by atomic mass is 35.5. The van der Waals surface area contributed by atoms with E-state index in [0.29, 0.717) is 5.13 Å². The number of benzene rings is 1. The number of nitrogens with zero attached hydrogens (tertiary/aromatic N) is 2. The summed E-state index contributed by atoms with van der Waals surface area (Å²) in [6.45, 7) is 7.69. The van der Waals surface area contributed by atoms with Crippen molar-refractivity contribution < 1.29 is 0 Å². The second kappa shape index (κ2) is 10.9. The molecule has 2 rings (SSSR count). The zero-order chi connectivity index (χ0) is 15.8. The number of aryl methyl sites for hydroxylation is 1. The number of rotatable bonds is 9. The molecule has 0 spiro atoms. The molecule has 23 heavy (non-hydrogen) atoms. The topological polar surface area (TPSA) is 42.1 Å². The average molecular weight is 372 g/mol. The second-order valence-corrected chi connectivity index (χ2v) is 7.74. The van der Waals surface area contributed by atoms with Crippen molar-refractivity contribution >= 4 is 40.6 Å². The molecule has 0 aliphatic heterocycles. The van der Waals surface area contributed by atoms with E-state index in [9.17, 15) is 0 Å². The van der Waals surface area contributed by atoms with Crippen molar-refractivity contribution in [2.24, 2.45) is 0 Å². The van der Waals surface area contributed by atoms with E-state index < -0.39 is 0 Å². The van der Waals surface area contributed by atoms with Gasteiger partial charge >= 0.3 is 0 Å². The summed E-state index contributed by atoms with van der Waals surface area (Å²) in [5.74, 6) is 1.09. The molecule has 0 saturated carbocycles. The summed E-state index contributed by atoms with van der Waals surface area (Å²) in [6.07, 6.45) is 2.32. The summed E-state index contributed by atoms with van der Waals surface area (Å²) in [7, 11) is 0. The molecule has 3 nitrogen and oxygen atoms in total. The SMILES string of the molecule is CCCN(CCSc1sc(N)nc1C)CCc1ccccc1.Cl. The van der Waals surface area contributed by atoms with Crippen molar-refractivity contribution in [2.45, 2.75) is 30.9 Å². The van der Waals surface area contributed by atoms with Crippen LogP contribution in [0, 0.1) is 6.92 Å². The van der Waals surface area contributed by atoms with Gasteiger partial charge in [0, 0.05) is 18.8 Å². The van der Waals surface area contributed by atoms with Crippen LogP contribution < -0.4 is 5.73 Å². The third kappa shape index (κ3) is 7.12. The van der Waals surface area contributed by atoms with Gasteiger partial charge in [0.05, 0.1) is 9.90 Å². The van der Waals surface area contributed by atoms with E-state index in [4.69, 9.17) is 5.73 Å². The Balaban J connectivity index is 0.00000264. The highest BCUT2D eigenvalue weighted by molar-refractivity contribution is 8.01. The number of halogens is 1. The fourth-order valence-electron chi connectivity index (χ4n) is 2.39. The van der Waals surface area contributed by atoms with E-state index in [2.05, 4.69) is 47.1 Å². The summed E-state index contributed by atoms with van der Waals surface area (Å²) in [6, 6.07) is 10.7. The van der Waals surface area contributed by atoms with E-state index in [-0.39, 0.29) is 12.4 Å². The number of hydrogen-bond acceptors (Lipinski definition) is 5. The minimum Gasteiger partial charge on any atom is -0.375 e. The lowest BCUT2D eigenvalue weighted by Crippen LogP contribution is -2.29. The Labute approximate surface area is 154 Å². The van der Waals surface area contributed by atoms with Crippen LogP contribution in [0.25, 0.3) is 0 Å². The Bertz CT molecular complexity index is 560. The van der Waals surface area contributed by atoms with Crippen molar-refractivity contribution in [1.29, 1.82) is 0 Å². The number of nitrogen functional groups attached to an aromatic ring is 1. The monoisotopic (exact) mass is 371 g/mol. The Hall–Kier alpha value is -0.750. The fraction of sp³-hybridized carbons (Fsp3) is 0.471. The zero-order valence-electron chi connectivity index (χ0n) is 13.8. The quantitative estimate of drug-likeness (QED) is 0.659.